The van der Waals surface area contributed by atoms with Crippen LogP contribution in [0.1, 0.15) is 32.1 Å². The second-order valence-corrected chi connectivity index (χ2v) is 5.37. The summed E-state index contributed by atoms with van der Waals surface area (Å²) in [6.45, 7) is 0.794. The molecule has 2 nitrogen and oxygen atoms in total. The van der Waals surface area contributed by atoms with Gasteiger partial charge in [-0.2, -0.15) is 0 Å². The number of anilines is 1. The largest absolute Gasteiger partial charge is 0.362 e. The number of thiocarbonyl (C=S) groups is 1. The van der Waals surface area contributed by atoms with Gasteiger partial charge in [-0.25, -0.2) is 8.78 Å². The molecule has 0 bridgehead atoms. The normalized spacial score (nSPS) is 16.1. The van der Waals surface area contributed by atoms with Gasteiger partial charge in [0.1, 0.15) is 11.6 Å². The summed E-state index contributed by atoms with van der Waals surface area (Å²) in [5.41, 5.74) is 0.0705. The summed E-state index contributed by atoms with van der Waals surface area (Å²) in [7, 11) is 0. The van der Waals surface area contributed by atoms with E-state index in [4.69, 9.17) is 12.2 Å². The zero-order valence-corrected chi connectivity index (χ0v) is 11.5. The van der Waals surface area contributed by atoms with Gasteiger partial charge in [-0.3, -0.25) is 0 Å². The van der Waals surface area contributed by atoms with Crippen LogP contribution in [0.5, 0.6) is 0 Å². The van der Waals surface area contributed by atoms with Crippen molar-refractivity contribution in [2.24, 2.45) is 5.92 Å². The van der Waals surface area contributed by atoms with Gasteiger partial charge >= 0.3 is 0 Å². The maximum absolute atomic E-state index is 13.4. The van der Waals surface area contributed by atoms with Crippen LogP contribution in [-0.2, 0) is 0 Å². The van der Waals surface area contributed by atoms with Crippen molar-refractivity contribution >= 4 is 23.0 Å². The van der Waals surface area contributed by atoms with E-state index in [1.165, 1.54) is 32.1 Å². The molecular formula is C14H18F2N2S. The van der Waals surface area contributed by atoms with Crippen molar-refractivity contribution in [1.29, 1.82) is 0 Å². The van der Waals surface area contributed by atoms with Gasteiger partial charge in [0.2, 0.25) is 0 Å². The molecule has 0 atom stereocenters. The minimum atomic E-state index is -0.511. The summed E-state index contributed by atoms with van der Waals surface area (Å²) < 4.78 is 26.4. The van der Waals surface area contributed by atoms with Gasteiger partial charge in [-0.1, -0.05) is 19.3 Å². The maximum Gasteiger partial charge on any atom is 0.170 e. The summed E-state index contributed by atoms with van der Waals surface area (Å²) in [6, 6.07) is 3.27. The number of hydrogen-bond acceptors (Lipinski definition) is 1. The Morgan fingerprint density at radius 1 is 1.21 bits per heavy atom. The van der Waals surface area contributed by atoms with E-state index in [1.807, 2.05) is 0 Å². The standard InChI is InChI=1S/C14H18F2N2S/c15-11-6-7-12(16)13(8-11)18-14(19)17-9-10-4-2-1-3-5-10/h6-8,10H,1-5,9H2,(H2,17,18,19). The molecule has 1 aliphatic rings. The summed E-state index contributed by atoms with van der Waals surface area (Å²) in [6.07, 6.45) is 6.28. The zero-order valence-electron chi connectivity index (χ0n) is 10.7. The number of hydrogen-bond donors (Lipinski definition) is 2. The Bertz CT molecular complexity index is 445. The van der Waals surface area contributed by atoms with Gasteiger partial charge in [-0.05, 0) is 43.1 Å². The Morgan fingerprint density at radius 2 is 1.95 bits per heavy atom. The van der Waals surface area contributed by atoms with Crippen LogP contribution in [0.25, 0.3) is 0 Å². The summed E-state index contributed by atoms with van der Waals surface area (Å²) in [5.74, 6) is -0.368. The Morgan fingerprint density at radius 3 is 2.68 bits per heavy atom. The second kappa shape index (κ2) is 6.80. The predicted molar refractivity (Wildman–Crippen MR) is 77.2 cm³/mol. The van der Waals surface area contributed by atoms with Crippen molar-refractivity contribution < 1.29 is 8.78 Å². The molecule has 0 aliphatic heterocycles. The molecule has 2 rings (SSSR count). The Labute approximate surface area is 117 Å². The molecule has 0 spiro atoms. The molecule has 0 saturated heterocycles. The SMILES string of the molecule is Fc1ccc(F)c(NC(=S)NCC2CCCCC2)c1. The van der Waals surface area contributed by atoms with E-state index in [1.54, 1.807) is 0 Å². The van der Waals surface area contributed by atoms with Crippen LogP contribution in [0.3, 0.4) is 0 Å². The molecular weight excluding hydrogens is 266 g/mol. The van der Waals surface area contributed by atoms with Crippen LogP contribution in [0.4, 0.5) is 14.5 Å². The van der Waals surface area contributed by atoms with Crippen LogP contribution < -0.4 is 10.6 Å². The van der Waals surface area contributed by atoms with E-state index >= 15 is 0 Å². The lowest BCUT2D eigenvalue weighted by Gasteiger charge is -2.22. The lowest BCUT2D eigenvalue weighted by Crippen LogP contribution is -2.33. The molecule has 0 amide bonds. The zero-order chi connectivity index (χ0) is 13.7. The smallest absolute Gasteiger partial charge is 0.170 e. The van der Waals surface area contributed by atoms with Crippen molar-refractivity contribution in [2.75, 3.05) is 11.9 Å². The molecule has 1 aromatic rings. The van der Waals surface area contributed by atoms with Gasteiger partial charge in [0.15, 0.2) is 5.11 Å². The van der Waals surface area contributed by atoms with Crippen molar-refractivity contribution in [3.8, 4) is 0 Å². The highest BCUT2D eigenvalue weighted by atomic mass is 32.1. The third-order valence-electron chi connectivity index (χ3n) is 3.45. The van der Waals surface area contributed by atoms with E-state index in [0.717, 1.165) is 24.7 Å². The molecule has 0 radical (unpaired) electrons. The fraction of sp³-hybridized carbons (Fsp3) is 0.500. The summed E-state index contributed by atoms with van der Waals surface area (Å²) in [4.78, 5) is 0. The molecule has 0 heterocycles. The van der Waals surface area contributed by atoms with Crippen LogP contribution in [-0.4, -0.2) is 11.7 Å². The van der Waals surface area contributed by atoms with E-state index in [-0.39, 0.29) is 5.69 Å². The first kappa shape index (κ1) is 14.2. The minimum Gasteiger partial charge on any atom is -0.362 e. The van der Waals surface area contributed by atoms with E-state index in [9.17, 15) is 8.78 Å². The monoisotopic (exact) mass is 284 g/mol. The number of rotatable bonds is 3. The van der Waals surface area contributed by atoms with Crippen LogP contribution in [0, 0.1) is 17.6 Å². The number of nitrogens with one attached hydrogen (secondary N) is 2. The van der Waals surface area contributed by atoms with Gasteiger partial charge in [-0.15, -0.1) is 0 Å². The topological polar surface area (TPSA) is 24.1 Å². The average molecular weight is 284 g/mol. The molecule has 1 saturated carbocycles. The molecule has 0 unspecified atom stereocenters. The first-order valence-corrected chi connectivity index (χ1v) is 7.06. The second-order valence-electron chi connectivity index (χ2n) is 4.96. The summed E-state index contributed by atoms with van der Waals surface area (Å²) >= 11 is 5.10. The molecule has 0 aromatic heterocycles. The molecule has 1 aliphatic carbocycles. The average Bonchev–Trinajstić information content (AvgIpc) is 2.42. The van der Waals surface area contributed by atoms with Crippen LogP contribution in [0.15, 0.2) is 18.2 Å². The van der Waals surface area contributed by atoms with E-state index in [0.29, 0.717) is 11.0 Å². The first-order chi connectivity index (χ1) is 9.15. The molecule has 1 fully saturated rings. The van der Waals surface area contributed by atoms with Crippen molar-refractivity contribution in [3.05, 3.63) is 29.8 Å². The Balaban J connectivity index is 1.81. The highest BCUT2D eigenvalue weighted by Gasteiger charge is 2.13. The first-order valence-electron chi connectivity index (χ1n) is 6.65. The van der Waals surface area contributed by atoms with Gasteiger partial charge in [0.05, 0.1) is 5.69 Å². The van der Waals surface area contributed by atoms with Crippen LogP contribution >= 0.6 is 12.2 Å². The van der Waals surface area contributed by atoms with Gasteiger partial charge in [0.25, 0.3) is 0 Å². The molecule has 19 heavy (non-hydrogen) atoms. The Hall–Kier alpha value is -1.23. The van der Waals surface area contributed by atoms with Gasteiger partial charge < -0.3 is 10.6 Å². The van der Waals surface area contributed by atoms with Crippen molar-refractivity contribution in [1.82, 2.24) is 5.32 Å². The Kier molecular flexibility index (Phi) is 5.07. The third kappa shape index (κ3) is 4.42. The number of benzene rings is 1. The third-order valence-corrected chi connectivity index (χ3v) is 3.70. The molecule has 1 aromatic carbocycles. The van der Waals surface area contributed by atoms with Crippen molar-refractivity contribution in [3.63, 3.8) is 0 Å². The quantitative estimate of drug-likeness (QED) is 0.825. The lowest BCUT2D eigenvalue weighted by molar-refractivity contribution is 0.357. The lowest BCUT2D eigenvalue weighted by atomic mass is 9.89. The fourth-order valence-electron chi connectivity index (χ4n) is 2.39. The molecule has 104 valence electrons. The van der Waals surface area contributed by atoms with Crippen molar-refractivity contribution in [2.45, 2.75) is 32.1 Å². The maximum atomic E-state index is 13.4. The fourth-order valence-corrected chi connectivity index (χ4v) is 2.58. The summed E-state index contributed by atoms with van der Waals surface area (Å²) in [5, 5.41) is 6.12. The minimum absolute atomic E-state index is 0.0705. The molecule has 2 N–H and O–H groups in total. The highest BCUT2D eigenvalue weighted by Crippen LogP contribution is 2.22. The van der Waals surface area contributed by atoms with E-state index in [2.05, 4.69) is 10.6 Å². The molecule has 5 heteroatoms. The van der Waals surface area contributed by atoms with E-state index < -0.39 is 11.6 Å². The number of halogens is 2. The van der Waals surface area contributed by atoms with Crippen LogP contribution in [0.2, 0.25) is 0 Å². The predicted octanol–water partition coefficient (Wildman–Crippen LogP) is 3.83. The highest BCUT2D eigenvalue weighted by molar-refractivity contribution is 7.80. The van der Waals surface area contributed by atoms with Gasteiger partial charge in [0, 0.05) is 12.6 Å².